The fourth-order valence-corrected chi connectivity index (χ4v) is 0.662. The van der Waals surface area contributed by atoms with Crippen LogP contribution in [0.25, 0.3) is 0 Å². The van der Waals surface area contributed by atoms with Crippen LogP contribution in [-0.4, -0.2) is 35.7 Å². The van der Waals surface area contributed by atoms with Crippen molar-refractivity contribution in [2.45, 2.75) is 32.8 Å². The lowest BCUT2D eigenvalue weighted by Gasteiger charge is -2.05. The average molecular weight is 218 g/mol. The lowest BCUT2D eigenvalue weighted by Crippen LogP contribution is -2.25. The SMILES string of the molecule is CCCC(=O)OC(=O)COC(=O)C(C)O. The Morgan fingerprint density at radius 2 is 1.87 bits per heavy atom. The number of esters is 3. The Bertz CT molecular complexity index is 245. The van der Waals surface area contributed by atoms with Gasteiger partial charge in [-0.25, -0.2) is 9.59 Å². The molecule has 86 valence electrons. The molecule has 6 nitrogen and oxygen atoms in total. The fraction of sp³-hybridized carbons (Fsp3) is 0.667. The van der Waals surface area contributed by atoms with Gasteiger partial charge in [0.25, 0.3) is 0 Å². The molecule has 0 spiro atoms. The van der Waals surface area contributed by atoms with Crippen molar-refractivity contribution in [3.05, 3.63) is 0 Å². The molecule has 0 aromatic rings. The van der Waals surface area contributed by atoms with E-state index >= 15 is 0 Å². The Morgan fingerprint density at radius 3 is 2.33 bits per heavy atom. The maximum atomic E-state index is 10.9. The van der Waals surface area contributed by atoms with Gasteiger partial charge in [-0.05, 0) is 13.3 Å². The Morgan fingerprint density at radius 1 is 1.27 bits per heavy atom. The molecule has 0 rings (SSSR count). The minimum atomic E-state index is -1.30. The molecule has 0 radical (unpaired) electrons. The topological polar surface area (TPSA) is 89.9 Å². The molecule has 0 bridgehead atoms. The van der Waals surface area contributed by atoms with Gasteiger partial charge in [0.2, 0.25) is 0 Å². The van der Waals surface area contributed by atoms with E-state index in [1.807, 2.05) is 0 Å². The highest BCUT2D eigenvalue weighted by atomic mass is 16.6. The lowest BCUT2D eigenvalue weighted by molar-refractivity contribution is -0.169. The number of hydrogen-bond donors (Lipinski definition) is 1. The summed E-state index contributed by atoms with van der Waals surface area (Å²) in [5, 5.41) is 8.71. The molecule has 0 saturated carbocycles. The predicted octanol–water partition coefficient (Wildman–Crippen LogP) is -0.220. The summed E-state index contributed by atoms with van der Waals surface area (Å²) in [6, 6.07) is 0. The van der Waals surface area contributed by atoms with E-state index in [4.69, 9.17) is 5.11 Å². The zero-order valence-electron chi connectivity index (χ0n) is 8.69. The van der Waals surface area contributed by atoms with Crippen LogP contribution in [0.3, 0.4) is 0 Å². The standard InChI is InChI=1S/C9H14O6/c1-3-4-7(11)15-8(12)5-14-9(13)6(2)10/h6,10H,3-5H2,1-2H3. The molecule has 0 aliphatic heterocycles. The molecule has 0 aromatic carbocycles. The summed E-state index contributed by atoms with van der Waals surface area (Å²) in [7, 11) is 0. The molecule has 0 aliphatic rings. The zero-order chi connectivity index (χ0) is 11.8. The third-order valence-electron chi connectivity index (χ3n) is 1.36. The second-order valence-corrected chi connectivity index (χ2v) is 2.88. The van der Waals surface area contributed by atoms with E-state index < -0.39 is 30.6 Å². The highest BCUT2D eigenvalue weighted by molar-refractivity contribution is 5.87. The van der Waals surface area contributed by atoms with Crippen LogP contribution in [0.2, 0.25) is 0 Å². The van der Waals surface area contributed by atoms with Crippen molar-refractivity contribution < 1.29 is 29.0 Å². The van der Waals surface area contributed by atoms with Crippen LogP contribution in [0, 0.1) is 0 Å². The van der Waals surface area contributed by atoms with Crippen molar-refractivity contribution in [2.24, 2.45) is 0 Å². The second kappa shape index (κ2) is 6.94. The van der Waals surface area contributed by atoms with Crippen LogP contribution in [0.1, 0.15) is 26.7 Å². The Hall–Kier alpha value is -1.43. The largest absolute Gasteiger partial charge is 0.452 e. The second-order valence-electron chi connectivity index (χ2n) is 2.88. The van der Waals surface area contributed by atoms with Crippen molar-refractivity contribution >= 4 is 17.9 Å². The molecule has 0 fully saturated rings. The molecule has 15 heavy (non-hydrogen) atoms. The minimum absolute atomic E-state index is 0.135. The van der Waals surface area contributed by atoms with Gasteiger partial charge >= 0.3 is 17.9 Å². The Balaban J connectivity index is 3.75. The summed E-state index contributed by atoms with van der Waals surface area (Å²) >= 11 is 0. The van der Waals surface area contributed by atoms with Gasteiger partial charge in [-0.1, -0.05) is 6.92 Å². The summed E-state index contributed by atoms with van der Waals surface area (Å²) in [5.41, 5.74) is 0. The van der Waals surface area contributed by atoms with E-state index in [9.17, 15) is 14.4 Å². The van der Waals surface area contributed by atoms with Crippen molar-refractivity contribution in [3.8, 4) is 0 Å². The quantitative estimate of drug-likeness (QED) is 0.507. The van der Waals surface area contributed by atoms with Crippen molar-refractivity contribution in [2.75, 3.05) is 6.61 Å². The number of carbonyl (C=O) groups is 3. The van der Waals surface area contributed by atoms with Crippen LogP contribution in [0.5, 0.6) is 0 Å². The predicted molar refractivity (Wildman–Crippen MR) is 48.6 cm³/mol. The van der Waals surface area contributed by atoms with Crippen LogP contribution < -0.4 is 0 Å². The summed E-state index contributed by atoms with van der Waals surface area (Å²) in [6.45, 7) is 2.30. The number of aliphatic hydroxyl groups is 1. The van der Waals surface area contributed by atoms with Gasteiger partial charge in [-0.3, -0.25) is 4.79 Å². The van der Waals surface area contributed by atoms with Gasteiger partial charge in [0.05, 0.1) is 0 Å². The molecule has 0 saturated heterocycles. The number of ether oxygens (including phenoxy) is 2. The summed E-state index contributed by atoms with van der Waals surface area (Å²) in [4.78, 5) is 32.3. The van der Waals surface area contributed by atoms with Gasteiger partial charge in [-0.15, -0.1) is 0 Å². The molecular weight excluding hydrogens is 204 g/mol. The molecule has 0 aromatic heterocycles. The number of carbonyl (C=O) groups excluding carboxylic acids is 3. The number of aliphatic hydroxyl groups excluding tert-OH is 1. The van der Waals surface area contributed by atoms with E-state index in [0.29, 0.717) is 6.42 Å². The molecule has 1 N–H and O–H groups in total. The first-order valence-corrected chi connectivity index (χ1v) is 4.55. The smallest absolute Gasteiger partial charge is 0.351 e. The fourth-order valence-electron chi connectivity index (χ4n) is 0.662. The first kappa shape index (κ1) is 13.6. The van der Waals surface area contributed by atoms with E-state index in [1.54, 1.807) is 6.92 Å². The first-order chi connectivity index (χ1) is 6.97. The van der Waals surface area contributed by atoms with E-state index in [0.717, 1.165) is 0 Å². The molecule has 0 heterocycles. The Kier molecular flexibility index (Phi) is 6.28. The van der Waals surface area contributed by atoms with E-state index in [-0.39, 0.29) is 6.42 Å². The molecular formula is C9H14O6. The summed E-state index contributed by atoms with van der Waals surface area (Å²) < 4.78 is 8.61. The van der Waals surface area contributed by atoms with Gasteiger partial charge in [0.1, 0.15) is 6.10 Å². The monoisotopic (exact) mass is 218 g/mol. The molecule has 0 aliphatic carbocycles. The van der Waals surface area contributed by atoms with Crippen LogP contribution >= 0.6 is 0 Å². The third kappa shape index (κ3) is 6.62. The van der Waals surface area contributed by atoms with Gasteiger partial charge in [0.15, 0.2) is 6.61 Å². The normalized spacial score (nSPS) is 11.7. The highest BCUT2D eigenvalue weighted by Gasteiger charge is 2.15. The van der Waals surface area contributed by atoms with Crippen molar-refractivity contribution in [3.63, 3.8) is 0 Å². The number of hydrogen-bond acceptors (Lipinski definition) is 6. The zero-order valence-corrected chi connectivity index (χ0v) is 8.69. The van der Waals surface area contributed by atoms with Crippen LogP contribution in [0.15, 0.2) is 0 Å². The number of rotatable bonds is 5. The van der Waals surface area contributed by atoms with E-state index in [1.165, 1.54) is 6.92 Å². The van der Waals surface area contributed by atoms with Crippen molar-refractivity contribution in [1.82, 2.24) is 0 Å². The minimum Gasteiger partial charge on any atom is -0.452 e. The molecule has 0 amide bonds. The van der Waals surface area contributed by atoms with Gasteiger partial charge in [-0.2, -0.15) is 0 Å². The summed E-state index contributed by atoms with van der Waals surface area (Å²) in [5.74, 6) is -2.53. The lowest BCUT2D eigenvalue weighted by atomic mass is 10.3. The highest BCUT2D eigenvalue weighted by Crippen LogP contribution is 1.93. The third-order valence-corrected chi connectivity index (χ3v) is 1.36. The van der Waals surface area contributed by atoms with Gasteiger partial charge < -0.3 is 14.6 Å². The first-order valence-electron chi connectivity index (χ1n) is 4.55. The molecule has 6 heteroatoms. The summed E-state index contributed by atoms with van der Waals surface area (Å²) in [6.07, 6.45) is -0.598. The maximum Gasteiger partial charge on any atom is 0.351 e. The van der Waals surface area contributed by atoms with Crippen LogP contribution in [-0.2, 0) is 23.9 Å². The molecule has 1 unspecified atom stereocenters. The maximum absolute atomic E-state index is 10.9. The van der Waals surface area contributed by atoms with Crippen molar-refractivity contribution in [1.29, 1.82) is 0 Å². The Labute approximate surface area is 87.2 Å². The van der Waals surface area contributed by atoms with Crippen LogP contribution in [0.4, 0.5) is 0 Å². The average Bonchev–Trinajstić information content (AvgIpc) is 2.14. The molecule has 1 atom stereocenters. The van der Waals surface area contributed by atoms with Gasteiger partial charge in [0, 0.05) is 6.42 Å². The van der Waals surface area contributed by atoms with E-state index in [2.05, 4.69) is 9.47 Å².